The minimum atomic E-state index is -3.31. The lowest BCUT2D eigenvalue weighted by atomic mass is 10.3. The summed E-state index contributed by atoms with van der Waals surface area (Å²) in [5.41, 5.74) is 0.0497. The number of pyridine rings is 1. The predicted molar refractivity (Wildman–Crippen MR) is 87.7 cm³/mol. The third-order valence-corrected chi connectivity index (χ3v) is 5.12. The van der Waals surface area contributed by atoms with Crippen molar-refractivity contribution in [3.63, 3.8) is 0 Å². The van der Waals surface area contributed by atoms with E-state index in [4.69, 9.17) is 0 Å². The van der Waals surface area contributed by atoms with Crippen molar-refractivity contribution in [1.82, 2.24) is 9.97 Å². The van der Waals surface area contributed by atoms with E-state index in [-0.39, 0.29) is 10.5 Å². The van der Waals surface area contributed by atoms with Gasteiger partial charge < -0.3 is 4.98 Å². The average molecular weight is 349 g/mol. The first-order valence-corrected chi connectivity index (χ1v) is 9.15. The summed E-state index contributed by atoms with van der Waals surface area (Å²) in [5.74, 6) is -0.575. The predicted octanol–water partition coefficient (Wildman–Crippen LogP) is 1.64. The smallest absolute Gasteiger partial charge is 0.263 e. The van der Waals surface area contributed by atoms with Crippen molar-refractivity contribution < 1.29 is 13.2 Å². The molecule has 0 aliphatic heterocycles. The summed E-state index contributed by atoms with van der Waals surface area (Å²) in [7, 11) is -3.31. The second kappa shape index (κ2) is 5.60. The molecule has 3 rings (SSSR count). The molecule has 0 radical (unpaired) electrons. The van der Waals surface area contributed by atoms with Gasteiger partial charge in [-0.15, -0.1) is 0 Å². The SMILES string of the molecule is CS(=O)(=O)c1ccc2nc(NC(=O)c3ccc[nH]c3=O)sc2c1. The standard InChI is InChI=1S/C14H11N3O4S2/c1-23(20,21)8-4-5-10-11(7-8)22-14(16-10)17-13(19)9-3-2-6-15-12(9)18/h2-7H,1H3,(H,15,18)(H,16,17,19). The molecule has 0 fully saturated rings. The van der Waals surface area contributed by atoms with Crippen LogP contribution >= 0.6 is 11.3 Å². The van der Waals surface area contributed by atoms with Gasteiger partial charge in [0.2, 0.25) is 0 Å². The van der Waals surface area contributed by atoms with Gasteiger partial charge in [-0.05, 0) is 30.3 Å². The second-order valence-electron chi connectivity index (χ2n) is 4.79. The van der Waals surface area contributed by atoms with Gasteiger partial charge in [0, 0.05) is 12.5 Å². The Balaban J connectivity index is 1.94. The second-order valence-corrected chi connectivity index (χ2v) is 7.83. The topological polar surface area (TPSA) is 109 Å². The summed E-state index contributed by atoms with van der Waals surface area (Å²) in [5, 5.41) is 2.84. The minimum absolute atomic E-state index is 0.0245. The highest BCUT2D eigenvalue weighted by atomic mass is 32.2. The number of sulfone groups is 1. The highest BCUT2D eigenvalue weighted by Crippen LogP contribution is 2.28. The van der Waals surface area contributed by atoms with E-state index in [0.29, 0.717) is 15.3 Å². The molecule has 1 amide bonds. The van der Waals surface area contributed by atoms with Gasteiger partial charge in [0.25, 0.3) is 11.5 Å². The molecule has 2 aromatic heterocycles. The van der Waals surface area contributed by atoms with E-state index in [1.807, 2.05) is 0 Å². The summed E-state index contributed by atoms with van der Waals surface area (Å²) < 4.78 is 23.7. The van der Waals surface area contributed by atoms with Crippen molar-refractivity contribution in [2.24, 2.45) is 0 Å². The number of aromatic nitrogens is 2. The lowest BCUT2D eigenvalue weighted by molar-refractivity contribution is 0.102. The van der Waals surface area contributed by atoms with E-state index in [9.17, 15) is 18.0 Å². The maximum atomic E-state index is 12.1. The van der Waals surface area contributed by atoms with Gasteiger partial charge in [-0.25, -0.2) is 13.4 Å². The molecule has 0 aliphatic carbocycles. The zero-order valence-corrected chi connectivity index (χ0v) is 13.5. The number of nitrogens with zero attached hydrogens (tertiary/aromatic N) is 1. The van der Waals surface area contributed by atoms with Crippen LogP contribution in [-0.4, -0.2) is 30.5 Å². The molecule has 9 heteroatoms. The van der Waals surface area contributed by atoms with E-state index >= 15 is 0 Å². The van der Waals surface area contributed by atoms with Crippen LogP contribution in [0.15, 0.2) is 46.2 Å². The Labute approximate surface area is 134 Å². The van der Waals surface area contributed by atoms with Gasteiger partial charge in [-0.1, -0.05) is 11.3 Å². The number of thiazole rings is 1. The molecule has 2 heterocycles. The molecule has 0 aliphatic rings. The lowest BCUT2D eigenvalue weighted by Gasteiger charge is -1.99. The third-order valence-electron chi connectivity index (χ3n) is 3.07. The Morgan fingerprint density at radius 2 is 2.09 bits per heavy atom. The van der Waals surface area contributed by atoms with Crippen LogP contribution in [0.2, 0.25) is 0 Å². The highest BCUT2D eigenvalue weighted by Gasteiger charge is 2.14. The molecule has 118 valence electrons. The van der Waals surface area contributed by atoms with Crippen molar-refractivity contribution >= 4 is 42.4 Å². The fraction of sp³-hybridized carbons (Fsp3) is 0.0714. The first kappa shape index (κ1) is 15.4. The van der Waals surface area contributed by atoms with Gasteiger partial charge in [0.15, 0.2) is 15.0 Å². The first-order valence-electron chi connectivity index (χ1n) is 6.44. The van der Waals surface area contributed by atoms with E-state index in [1.165, 1.54) is 24.4 Å². The highest BCUT2D eigenvalue weighted by molar-refractivity contribution is 7.90. The number of H-pyrrole nitrogens is 1. The number of aromatic amines is 1. The third kappa shape index (κ3) is 3.15. The first-order chi connectivity index (χ1) is 10.8. The van der Waals surface area contributed by atoms with Crippen LogP contribution in [0.4, 0.5) is 5.13 Å². The summed E-state index contributed by atoms with van der Waals surface area (Å²) in [6.07, 6.45) is 2.56. The molecule has 23 heavy (non-hydrogen) atoms. The van der Waals surface area contributed by atoms with Gasteiger partial charge in [0.05, 0.1) is 15.1 Å². The minimum Gasteiger partial charge on any atom is -0.328 e. The zero-order chi connectivity index (χ0) is 16.6. The Hall–Kier alpha value is -2.52. The normalized spacial score (nSPS) is 11.5. The number of fused-ring (bicyclic) bond motifs is 1. The average Bonchev–Trinajstić information content (AvgIpc) is 2.87. The summed E-state index contributed by atoms with van der Waals surface area (Å²) in [6.45, 7) is 0. The molecule has 0 unspecified atom stereocenters. The molecular formula is C14H11N3O4S2. The van der Waals surface area contributed by atoms with Gasteiger partial charge >= 0.3 is 0 Å². The number of amides is 1. The number of nitrogens with one attached hydrogen (secondary N) is 2. The van der Waals surface area contributed by atoms with E-state index < -0.39 is 21.3 Å². The van der Waals surface area contributed by atoms with Gasteiger partial charge in [-0.2, -0.15) is 0 Å². The Morgan fingerprint density at radius 1 is 1.30 bits per heavy atom. The van der Waals surface area contributed by atoms with Crippen LogP contribution in [0.3, 0.4) is 0 Å². The van der Waals surface area contributed by atoms with Crippen LogP contribution in [-0.2, 0) is 9.84 Å². The number of anilines is 1. The van der Waals surface area contributed by atoms with Gasteiger partial charge in [-0.3, -0.25) is 14.9 Å². The van der Waals surface area contributed by atoms with E-state index in [1.54, 1.807) is 12.1 Å². The van der Waals surface area contributed by atoms with Gasteiger partial charge in [0.1, 0.15) is 5.56 Å². The van der Waals surface area contributed by atoms with Crippen LogP contribution in [0.25, 0.3) is 10.2 Å². The van der Waals surface area contributed by atoms with Crippen molar-refractivity contribution in [3.8, 4) is 0 Å². The number of hydrogen-bond acceptors (Lipinski definition) is 6. The number of carbonyl (C=O) groups is 1. The van der Waals surface area contributed by atoms with E-state index in [2.05, 4.69) is 15.3 Å². The lowest BCUT2D eigenvalue weighted by Crippen LogP contribution is -2.22. The Morgan fingerprint density at radius 3 is 2.78 bits per heavy atom. The molecule has 0 spiro atoms. The quantitative estimate of drug-likeness (QED) is 0.747. The monoisotopic (exact) mass is 349 g/mol. The molecule has 7 nitrogen and oxygen atoms in total. The number of hydrogen-bond donors (Lipinski definition) is 2. The molecule has 2 N–H and O–H groups in total. The molecule has 0 saturated carbocycles. The Kier molecular flexibility index (Phi) is 3.74. The largest absolute Gasteiger partial charge is 0.328 e. The van der Waals surface area contributed by atoms with Crippen molar-refractivity contribution in [2.45, 2.75) is 4.90 Å². The number of carbonyl (C=O) groups excluding carboxylic acids is 1. The number of rotatable bonds is 3. The molecule has 0 atom stereocenters. The van der Waals surface area contributed by atoms with Crippen molar-refractivity contribution in [2.75, 3.05) is 11.6 Å². The van der Waals surface area contributed by atoms with Crippen LogP contribution in [0, 0.1) is 0 Å². The van der Waals surface area contributed by atoms with E-state index in [0.717, 1.165) is 17.6 Å². The molecular weight excluding hydrogens is 338 g/mol. The molecule has 3 aromatic rings. The van der Waals surface area contributed by atoms with Crippen molar-refractivity contribution in [1.29, 1.82) is 0 Å². The van der Waals surface area contributed by atoms with Crippen LogP contribution in [0.5, 0.6) is 0 Å². The van der Waals surface area contributed by atoms with Crippen LogP contribution < -0.4 is 10.9 Å². The maximum Gasteiger partial charge on any atom is 0.263 e. The van der Waals surface area contributed by atoms with Crippen LogP contribution in [0.1, 0.15) is 10.4 Å². The summed E-state index contributed by atoms with van der Waals surface area (Å²) in [4.78, 5) is 30.5. The number of benzene rings is 1. The molecule has 1 aromatic carbocycles. The summed E-state index contributed by atoms with van der Waals surface area (Å²) >= 11 is 1.14. The zero-order valence-electron chi connectivity index (χ0n) is 11.9. The summed E-state index contributed by atoms with van der Waals surface area (Å²) in [6, 6.07) is 7.50. The van der Waals surface area contributed by atoms with Crippen molar-refractivity contribution in [3.05, 3.63) is 52.4 Å². The Bertz CT molecular complexity index is 1070. The fourth-order valence-corrected chi connectivity index (χ4v) is 3.58. The fourth-order valence-electron chi connectivity index (χ4n) is 1.95. The molecule has 0 saturated heterocycles. The molecule has 0 bridgehead atoms. The maximum absolute atomic E-state index is 12.1.